The minimum Gasteiger partial charge on any atom is -0.337 e. The van der Waals surface area contributed by atoms with Gasteiger partial charge in [-0.1, -0.05) is 18.2 Å². The lowest BCUT2D eigenvalue weighted by molar-refractivity contribution is -0.194. The first-order valence-corrected chi connectivity index (χ1v) is 3.94. The number of aldehydes is 1. The van der Waals surface area contributed by atoms with Gasteiger partial charge in [0.05, 0.1) is 0 Å². The molecule has 1 heterocycles. The van der Waals surface area contributed by atoms with Gasteiger partial charge in [-0.2, -0.15) is 4.89 Å². The van der Waals surface area contributed by atoms with Gasteiger partial charge in [0.2, 0.25) is 0 Å². The molecule has 3 nitrogen and oxygen atoms in total. The van der Waals surface area contributed by atoms with Crippen molar-refractivity contribution < 1.29 is 14.6 Å². The van der Waals surface area contributed by atoms with E-state index < -0.39 is 0 Å². The number of hydrogen-bond acceptors (Lipinski definition) is 3. The second-order valence-corrected chi connectivity index (χ2v) is 2.71. The van der Waals surface area contributed by atoms with E-state index in [1.165, 1.54) is 6.08 Å². The molecule has 66 valence electrons. The van der Waals surface area contributed by atoms with Crippen LogP contribution in [0.1, 0.15) is 11.1 Å². The highest BCUT2D eigenvalue weighted by Crippen LogP contribution is 2.27. The maximum atomic E-state index is 10.1. The molecule has 0 unspecified atom stereocenters. The predicted octanol–water partition coefficient (Wildman–Crippen LogP) is 1.72. The molecule has 1 aromatic rings. The Hall–Kier alpha value is -1.61. The van der Waals surface area contributed by atoms with Crippen LogP contribution in [0.5, 0.6) is 5.75 Å². The molecular weight excluding hydrogens is 168 g/mol. The SMILES string of the molecule is O=CC=Cc1ccc2c(c1)OOC2. The van der Waals surface area contributed by atoms with Crippen LogP contribution in [0.4, 0.5) is 0 Å². The third kappa shape index (κ3) is 1.60. The third-order valence-corrected chi connectivity index (χ3v) is 1.82. The van der Waals surface area contributed by atoms with Crippen LogP contribution in [-0.2, 0) is 16.3 Å². The predicted molar refractivity (Wildman–Crippen MR) is 47.0 cm³/mol. The van der Waals surface area contributed by atoms with E-state index in [1.54, 1.807) is 6.08 Å². The molecule has 0 fully saturated rings. The van der Waals surface area contributed by atoms with E-state index in [-0.39, 0.29) is 0 Å². The Balaban J connectivity index is 2.30. The van der Waals surface area contributed by atoms with Crippen LogP contribution in [0.2, 0.25) is 0 Å². The van der Waals surface area contributed by atoms with Crippen LogP contribution in [0.15, 0.2) is 24.3 Å². The summed E-state index contributed by atoms with van der Waals surface area (Å²) in [5.41, 5.74) is 1.96. The van der Waals surface area contributed by atoms with Gasteiger partial charge in [0.25, 0.3) is 0 Å². The zero-order valence-electron chi connectivity index (χ0n) is 6.90. The fourth-order valence-corrected chi connectivity index (χ4v) is 1.18. The fraction of sp³-hybridized carbons (Fsp3) is 0.100. The standard InChI is InChI=1S/C10H8O3/c11-5-1-2-8-3-4-9-7-12-13-10(9)6-8/h1-6H,7H2. The second kappa shape index (κ2) is 3.41. The van der Waals surface area contributed by atoms with Gasteiger partial charge < -0.3 is 4.89 Å². The summed E-state index contributed by atoms with van der Waals surface area (Å²) >= 11 is 0. The summed E-state index contributed by atoms with van der Waals surface area (Å²) in [5.74, 6) is 0.730. The average Bonchev–Trinajstić information content (AvgIpc) is 2.61. The van der Waals surface area contributed by atoms with Crippen LogP contribution in [0, 0.1) is 0 Å². The zero-order chi connectivity index (χ0) is 9.10. The van der Waals surface area contributed by atoms with Gasteiger partial charge in [0, 0.05) is 5.56 Å². The molecular formula is C10H8O3. The molecule has 1 aliphatic heterocycles. The summed E-state index contributed by atoms with van der Waals surface area (Å²) in [4.78, 5) is 19.7. The third-order valence-electron chi connectivity index (χ3n) is 1.82. The van der Waals surface area contributed by atoms with Crippen molar-refractivity contribution in [2.45, 2.75) is 6.61 Å². The molecule has 0 saturated heterocycles. The minimum atomic E-state index is 0.493. The number of carbonyl (C=O) groups excluding carboxylic acids is 1. The normalized spacial score (nSPS) is 14.2. The lowest BCUT2D eigenvalue weighted by Crippen LogP contribution is -1.81. The smallest absolute Gasteiger partial charge is 0.171 e. The number of carbonyl (C=O) groups is 1. The summed E-state index contributed by atoms with van der Waals surface area (Å²) in [6, 6.07) is 5.67. The lowest BCUT2D eigenvalue weighted by Gasteiger charge is -1.95. The van der Waals surface area contributed by atoms with Crippen LogP contribution >= 0.6 is 0 Å². The number of allylic oxidation sites excluding steroid dienone is 1. The van der Waals surface area contributed by atoms with Crippen molar-refractivity contribution in [1.82, 2.24) is 0 Å². The monoisotopic (exact) mass is 176 g/mol. The first-order valence-electron chi connectivity index (χ1n) is 3.94. The highest BCUT2D eigenvalue weighted by atomic mass is 17.2. The Morgan fingerprint density at radius 3 is 3.15 bits per heavy atom. The van der Waals surface area contributed by atoms with Crippen molar-refractivity contribution in [2.75, 3.05) is 0 Å². The summed E-state index contributed by atoms with van der Waals surface area (Å²) in [6.45, 7) is 0.493. The molecule has 0 aromatic heterocycles. The first-order chi connectivity index (χ1) is 6.40. The summed E-state index contributed by atoms with van der Waals surface area (Å²) in [5, 5.41) is 0. The molecule has 0 spiro atoms. The van der Waals surface area contributed by atoms with Crippen LogP contribution in [0.3, 0.4) is 0 Å². The Kier molecular flexibility index (Phi) is 2.10. The van der Waals surface area contributed by atoms with Crippen LogP contribution in [-0.4, -0.2) is 6.29 Å². The molecule has 0 saturated carbocycles. The van der Waals surface area contributed by atoms with E-state index in [2.05, 4.69) is 0 Å². The highest BCUT2D eigenvalue weighted by Gasteiger charge is 2.12. The van der Waals surface area contributed by atoms with E-state index in [4.69, 9.17) is 9.78 Å². The second-order valence-electron chi connectivity index (χ2n) is 2.71. The van der Waals surface area contributed by atoms with E-state index in [1.807, 2.05) is 18.2 Å². The Bertz CT molecular complexity index is 355. The van der Waals surface area contributed by atoms with Crippen molar-refractivity contribution in [3.05, 3.63) is 35.4 Å². The largest absolute Gasteiger partial charge is 0.337 e. The van der Waals surface area contributed by atoms with Crippen molar-refractivity contribution in [3.63, 3.8) is 0 Å². The maximum Gasteiger partial charge on any atom is 0.171 e. The molecule has 13 heavy (non-hydrogen) atoms. The fourth-order valence-electron chi connectivity index (χ4n) is 1.18. The van der Waals surface area contributed by atoms with E-state index in [0.717, 1.165) is 23.2 Å². The van der Waals surface area contributed by atoms with Crippen LogP contribution < -0.4 is 4.89 Å². The Labute approximate surface area is 75.5 Å². The van der Waals surface area contributed by atoms with Crippen molar-refractivity contribution in [3.8, 4) is 5.75 Å². The van der Waals surface area contributed by atoms with Gasteiger partial charge in [-0.15, -0.1) is 0 Å². The topological polar surface area (TPSA) is 35.5 Å². The Morgan fingerprint density at radius 1 is 1.38 bits per heavy atom. The van der Waals surface area contributed by atoms with Gasteiger partial charge in [-0.25, -0.2) is 0 Å². The van der Waals surface area contributed by atoms with E-state index in [9.17, 15) is 4.79 Å². The van der Waals surface area contributed by atoms with Gasteiger partial charge in [-0.3, -0.25) is 4.79 Å². The molecule has 0 amide bonds. The lowest BCUT2D eigenvalue weighted by atomic mass is 10.1. The average molecular weight is 176 g/mol. The highest BCUT2D eigenvalue weighted by molar-refractivity contribution is 5.74. The number of benzene rings is 1. The molecule has 1 aliphatic rings. The molecule has 0 atom stereocenters. The molecule has 0 aliphatic carbocycles. The number of hydrogen-bond donors (Lipinski definition) is 0. The van der Waals surface area contributed by atoms with Gasteiger partial charge in [-0.05, 0) is 17.7 Å². The number of fused-ring (bicyclic) bond motifs is 1. The Morgan fingerprint density at radius 2 is 2.31 bits per heavy atom. The van der Waals surface area contributed by atoms with Crippen molar-refractivity contribution >= 4 is 12.4 Å². The zero-order valence-corrected chi connectivity index (χ0v) is 6.90. The molecule has 0 radical (unpaired) electrons. The van der Waals surface area contributed by atoms with Gasteiger partial charge in [0.1, 0.15) is 12.9 Å². The molecule has 2 rings (SSSR count). The quantitative estimate of drug-likeness (QED) is 0.391. The molecule has 1 aromatic carbocycles. The summed E-state index contributed by atoms with van der Waals surface area (Å²) in [6.07, 6.45) is 3.90. The van der Waals surface area contributed by atoms with Gasteiger partial charge in [0.15, 0.2) is 5.75 Å². The van der Waals surface area contributed by atoms with Crippen molar-refractivity contribution in [1.29, 1.82) is 0 Å². The first kappa shape index (κ1) is 8.01. The van der Waals surface area contributed by atoms with Gasteiger partial charge >= 0.3 is 0 Å². The molecule has 3 heteroatoms. The molecule has 0 bridgehead atoms. The minimum absolute atomic E-state index is 0.493. The summed E-state index contributed by atoms with van der Waals surface area (Å²) in [7, 11) is 0. The van der Waals surface area contributed by atoms with E-state index >= 15 is 0 Å². The van der Waals surface area contributed by atoms with Crippen LogP contribution in [0.25, 0.3) is 6.08 Å². The summed E-state index contributed by atoms with van der Waals surface area (Å²) < 4.78 is 0. The van der Waals surface area contributed by atoms with E-state index in [0.29, 0.717) is 6.61 Å². The van der Waals surface area contributed by atoms with Crippen molar-refractivity contribution in [2.24, 2.45) is 0 Å². The maximum absolute atomic E-state index is 10.1. The number of rotatable bonds is 2. The molecule has 0 N–H and O–H groups in total.